The molecule has 25 heavy (non-hydrogen) atoms. The maximum Gasteiger partial charge on any atom is 0.323 e. The summed E-state index contributed by atoms with van der Waals surface area (Å²) in [5.41, 5.74) is 1.46. The number of carbonyl (C=O) groups excluding carboxylic acids is 1. The van der Waals surface area contributed by atoms with Crippen molar-refractivity contribution in [1.29, 1.82) is 0 Å². The zero-order chi connectivity index (χ0) is 17.2. The fourth-order valence-corrected chi connectivity index (χ4v) is 3.10. The van der Waals surface area contributed by atoms with Gasteiger partial charge in [-0.2, -0.15) is 5.10 Å². The van der Waals surface area contributed by atoms with E-state index in [1.54, 1.807) is 17.0 Å². The predicted molar refractivity (Wildman–Crippen MR) is 95.3 cm³/mol. The molecule has 1 fully saturated rings. The number of urea groups is 1. The molecule has 4 rings (SSSR count). The Morgan fingerprint density at radius 1 is 1.04 bits per heavy atom. The molecule has 0 aliphatic carbocycles. The van der Waals surface area contributed by atoms with Gasteiger partial charge in [-0.25, -0.2) is 9.18 Å². The number of nitrogens with one attached hydrogen (secondary N) is 2. The molecule has 3 aromatic rings. The maximum atomic E-state index is 13.9. The minimum Gasteiger partial charge on any atom is -0.366 e. The molecule has 0 atom stereocenters. The molecule has 1 aromatic heterocycles. The van der Waals surface area contributed by atoms with Crippen molar-refractivity contribution in [1.82, 2.24) is 15.1 Å². The summed E-state index contributed by atoms with van der Waals surface area (Å²) in [4.78, 5) is 16.2. The number of hydrogen-bond donors (Lipinski definition) is 2. The highest BCUT2D eigenvalue weighted by Gasteiger charge is 2.23. The Kier molecular flexibility index (Phi) is 3.97. The number of piperazine rings is 1. The lowest BCUT2D eigenvalue weighted by Gasteiger charge is -2.36. The van der Waals surface area contributed by atoms with E-state index in [0.717, 1.165) is 10.9 Å². The lowest BCUT2D eigenvalue weighted by atomic mass is 10.2. The summed E-state index contributed by atoms with van der Waals surface area (Å²) < 4.78 is 13.9. The fourth-order valence-electron chi connectivity index (χ4n) is 3.10. The summed E-state index contributed by atoms with van der Waals surface area (Å²) >= 11 is 0. The van der Waals surface area contributed by atoms with Crippen LogP contribution in [-0.4, -0.2) is 47.3 Å². The minimum atomic E-state index is -0.233. The zero-order valence-corrected chi connectivity index (χ0v) is 13.6. The SMILES string of the molecule is O=C(Nc1n[nH]c2ccccc12)N1CCN(c2ccccc2F)CC1. The lowest BCUT2D eigenvalue weighted by molar-refractivity contribution is 0.208. The van der Waals surface area contributed by atoms with Crippen molar-refractivity contribution in [3.05, 3.63) is 54.3 Å². The van der Waals surface area contributed by atoms with Crippen LogP contribution < -0.4 is 10.2 Å². The van der Waals surface area contributed by atoms with E-state index in [2.05, 4.69) is 15.5 Å². The van der Waals surface area contributed by atoms with Crippen LogP contribution in [0.25, 0.3) is 10.9 Å². The molecule has 6 nitrogen and oxygen atoms in total. The monoisotopic (exact) mass is 339 g/mol. The van der Waals surface area contributed by atoms with Gasteiger partial charge in [0.05, 0.1) is 11.2 Å². The van der Waals surface area contributed by atoms with Crippen LogP contribution in [-0.2, 0) is 0 Å². The van der Waals surface area contributed by atoms with Gasteiger partial charge in [-0.1, -0.05) is 24.3 Å². The van der Waals surface area contributed by atoms with Crippen LogP contribution in [0.15, 0.2) is 48.5 Å². The van der Waals surface area contributed by atoms with E-state index < -0.39 is 0 Å². The van der Waals surface area contributed by atoms with Gasteiger partial charge in [-0.3, -0.25) is 10.4 Å². The van der Waals surface area contributed by atoms with Crippen LogP contribution in [0.4, 0.5) is 20.7 Å². The van der Waals surface area contributed by atoms with Crippen LogP contribution in [0.2, 0.25) is 0 Å². The summed E-state index contributed by atoms with van der Waals surface area (Å²) in [6.07, 6.45) is 0. The van der Waals surface area contributed by atoms with Crippen molar-refractivity contribution in [3.63, 3.8) is 0 Å². The number of aromatic nitrogens is 2. The van der Waals surface area contributed by atoms with E-state index in [0.29, 0.717) is 37.7 Å². The van der Waals surface area contributed by atoms with Gasteiger partial charge in [-0.05, 0) is 24.3 Å². The first-order valence-electron chi connectivity index (χ1n) is 8.21. The number of anilines is 2. The van der Waals surface area contributed by atoms with Crippen molar-refractivity contribution in [2.24, 2.45) is 0 Å². The van der Waals surface area contributed by atoms with Gasteiger partial charge in [0.2, 0.25) is 0 Å². The van der Waals surface area contributed by atoms with Crippen LogP contribution in [0.5, 0.6) is 0 Å². The topological polar surface area (TPSA) is 64.3 Å². The minimum absolute atomic E-state index is 0.189. The van der Waals surface area contributed by atoms with Gasteiger partial charge in [0, 0.05) is 31.6 Å². The summed E-state index contributed by atoms with van der Waals surface area (Å²) in [5, 5.41) is 10.8. The maximum absolute atomic E-state index is 13.9. The third-order valence-corrected chi connectivity index (χ3v) is 4.46. The molecule has 1 aliphatic rings. The summed E-state index contributed by atoms with van der Waals surface area (Å²) in [5.74, 6) is 0.292. The number of para-hydroxylation sites is 2. The van der Waals surface area contributed by atoms with Gasteiger partial charge < -0.3 is 9.80 Å². The smallest absolute Gasteiger partial charge is 0.323 e. The predicted octanol–water partition coefficient (Wildman–Crippen LogP) is 3.06. The van der Waals surface area contributed by atoms with Gasteiger partial charge in [0.15, 0.2) is 5.82 Å². The Balaban J connectivity index is 1.41. The molecule has 0 spiro atoms. The number of aromatic amines is 1. The van der Waals surface area contributed by atoms with Gasteiger partial charge in [0.1, 0.15) is 5.82 Å². The molecule has 2 aromatic carbocycles. The molecule has 0 radical (unpaired) electrons. The Hall–Kier alpha value is -3.09. The second-order valence-corrected chi connectivity index (χ2v) is 5.97. The van der Waals surface area contributed by atoms with Crippen LogP contribution in [0.3, 0.4) is 0 Å². The van der Waals surface area contributed by atoms with Gasteiger partial charge in [0.25, 0.3) is 0 Å². The third-order valence-electron chi connectivity index (χ3n) is 4.46. The summed E-state index contributed by atoms with van der Waals surface area (Å²) in [6, 6.07) is 14.2. The first-order chi connectivity index (χ1) is 12.2. The Morgan fingerprint density at radius 3 is 2.56 bits per heavy atom. The number of H-pyrrole nitrogens is 1. The van der Waals surface area contributed by atoms with Crippen LogP contribution in [0, 0.1) is 5.82 Å². The fraction of sp³-hybridized carbons (Fsp3) is 0.222. The molecule has 2 heterocycles. The van der Waals surface area contributed by atoms with E-state index in [4.69, 9.17) is 0 Å². The third kappa shape index (κ3) is 3.00. The largest absolute Gasteiger partial charge is 0.366 e. The molecule has 1 aliphatic heterocycles. The highest BCUT2D eigenvalue weighted by molar-refractivity contribution is 5.98. The molecule has 128 valence electrons. The van der Waals surface area contributed by atoms with E-state index in [1.807, 2.05) is 35.2 Å². The normalized spacial score (nSPS) is 14.8. The number of nitrogens with zero attached hydrogens (tertiary/aromatic N) is 3. The number of fused-ring (bicyclic) bond motifs is 1. The molecular weight excluding hydrogens is 321 g/mol. The van der Waals surface area contributed by atoms with E-state index in [1.165, 1.54) is 6.07 Å². The average Bonchev–Trinajstić information content (AvgIpc) is 3.05. The number of hydrogen-bond acceptors (Lipinski definition) is 3. The van der Waals surface area contributed by atoms with E-state index >= 15 is 0 Å². The second-order valence-electron chi connectivity index (χ2n) is 5.97. The Morgan fingerprint density at radius 2 is 1.76 bits per heavy atom. The molecule has 0 saturated carbocycles. The first-order valence-corrected chi connectivity index (χ1v) is 8.21. The number of amides is 2. The molecule has 0 unspecified atom stereocenters. The van der Waals surface area contributed by atoms with Crippen molar-refractivity contribution < 1.29 is 9.18 Å². The standard InChI is InChI=1S/C18H18FN5O/c19-14-6-2-4-8-16(14)23-9-11-24(12-10-23)18(25)20-17-13-5-1-3-7-15(13)21-22-17/h1-8H,9-12H2,(H2,20,21,22,25). The van der Waals surface area contributed by atoms with Crippen LogP contribution >= 0.6 is 0 Å². The first kappa shape index (κ1) is 15.4. The Bertz CT molecular complexity index is 901. The molecule has 7 heteroatoms. The zero-order valence-electron chi connectivity index (χ0n) is 13.6. The quantitative estimate of drug-likeness (QED) is 0.754. The van der Waals surface area contributed by atoms with Crippen molar-refractivity contribution in [2.75, 3.05) is 36.4 Å². The van der Waals surface area contributed by atoms with Crippen molar-refractivity contribution >= 4 is 28.4 Å². The molecule has 1 saturated heterocycles. The summed E-state index contributed by atoms with van der Waals surface area (Å²) in [7, 11) is 0. The Labute approximate surface area is 144 Å². The summed E-state index contributed by atoms with van der Waals surface area (Å²) in [6.45, 7) is 2.25. The molecular formula is C18H18FN5O. The van der Waals surface area contributed by atoms with Crippen molar-refractivity contribution in [3.8, 4) is 0 Å². The van der Waals surface area contributed by atoms with Crippen molar-refractivity contribution in [2.45, 2.75) is 0 Å². The number of rotatable bonds is 2. The lowest BCUT2D eigenvalue weighted by Crippen LogP contribution is -2.50. The highest BCUT2D eigenvalue weighted by Crippen LogP contribution is 2.22. The second kappa shape index (κ2) is 6.43. The highest BCUT2D eigenvalue weighted by atomic mass is 19.1. The molecule has 2 amide bonds. The molecule has 0 bridgehead atoms. The van der Waals surface area contributed by atoms with Crippen LogP contribution in [0.1, 0.15) is 0 Å². The van der Waals surface area contributed by atoms with Gasteiger partial charge in [-0.15, -0.1) is 0 Å². The molecule has 2 N–H and O–H groups in total. The van der Waals surface area contributed by atoms with E-state index in [9.17, 15) is 9.18 Å². The van der Waals surface area contributed by atoms with E-state index in [-0.39, 0.29) is 11.8 Å². The average molecular weight is 339 g/mol. The van der Waals surface area contributed by atoms with Gasteiger partial charge >= 0.3 is 6.03 Å². The number of halogens is 1. The number of benzene rings is 2. The number of carbonyl (C=O) groups is 1.